The molecule has 0 aromatic rings. The SMILES string of the molecule is CC1(C)CC[C@]2(CNS(=O)(=O)CC(F)(F)F)CC[C@]3(C)[C@H](C(=O)C[C@@H]4[C@@]5(C)C=C(C#N)C(=O)C(C)(C)[C@@H]5CC[C@]43C)[C@H]2C1. The molecule has 0 amide bonds. The van der Waals surface area contributed by atoms with E-state index in [4.69, 9.17) is 0 Å². The second-order valence-corrected chi connectivity index (χ2v) is 18.6. The first-order chi connectivity index (χ1) is 19.5. The lowest BCUT2D eigenvalue weighted by molar-refractivity contribution is -0.221. The molecule has 1 N–H and O–H groups in total. The highest BCUT2D eigenvalue weighted by atomic mass is 32.2. The van der Waals surface area contributed by atoms with Gasteiger partial charge in [0.1, 0.15) is 11.9 Å². The summed E-state index contributed by atoms with van der Waals surface area (Å²) in [5.41, 5.74) is -2.45. The topological polar surface area (TPSA) is 104 Å². The van der Waals surface area contributed by atoms with Gasteiger partial charge in [0, 0.05) is 24.3 Å². The molecule has 4 saturated carbocycles. The molecule has 43 heavy (non-hydrogen) atoms. The maximum absolute atomic E-state index is 14.6. The molecule has 5 aliphatic carbocycles. The van der Waals surface area contributed by atoms with E-state index in [2.05, 4.69) is 45.4 Å². The van der Waals surface area contributed by atoms with Crippen LogP contribution in [0.25, 0.3) is 0 Å². The summed E-state index contributed by atoms with van der Waals surface area (Å²) in [6.45, 7) is 14.7. The standard InChI is InChI=1S/C33H47F3N2O4S/c1-27(2)10-12-32(18-38-43(41,42)19-33(34,35)36)13-11-31(7)25(21(32)16-27)22(39)14-24-29(5)15-20(17-37)26(40)28(3,4)23(29)8-9-30(24,31)6/h15,21,23-25,38H,8-14,16,18-19H2,1-7H3/t21-,23+,24-,25+,29+,30-,31-,32-/m1/s1. The number of sulfonamides is 1. The highest BCUT2D eigenvalue weighted by Crippen LogP contribution is 2.75. The van der Waals surface area contributed by atoms with Crippen molar-refractivity contribution in [3.8, 4) is 6.07 Å². The number of Topliss-reactive ketones (excluding diaryl/α,β-unsaturated/α-hetero) is 2. The fraction of sp³-hybridized carbons (Fsp3) is 0.848. The Morgan fingerprint density at radius 1 is 0.953 bits per heavy atom. The summed E-state index contributed by atoms with van der Waals surface area (Å²) >= 11 is 0. The van der Waals surface area contributed by atoms with Crippen LogP contribution in [-0.2, 0) is 19.6 Å². The van der Waals surface area contributed by atoms with Crippen LogP contribution in [0.2, 0.25) is 0 Å². The lowest BCUT2D eigenvalue weighted by Gasteiger charge is -2.72. The molecule has 4 fully saturated rings. The molecule has 8 atom stereocenters. The summed E-state index contributed by atoms with van der Waals surface area (Å²) < 4.78 is 66.4. The van der Waals surface area contributed by atoms with E-state index in [-0.39, 0.29) is 58.2 Å². The quantitative estimate of drug-likeness (QED) is 0.372. The van der Waals surface area contributed by atoms with Gasteiger partial charge in [0.25, 0.3) is 0 Å². The van der Waals surface area contributed by atoms with E-state index in [1.54, 1.807) is 0 Å². The van der Waals surface area contributed by atoms with Gasteiger partial charge < -0.3 is 0 Å². The van der Waals surface area contributed by atoms with E-state index in [0.717, 1.165) is 19.3 Å². The van der Waals surface area contributed by atoms with E-state index in [0.29, 0.717) is 32.1 Å². The third-order valence-electron chi connectivity index (χ3n) is 13.6. The molecule has 0 radical (unpaired) electrons. The van der Waals surface area contributed by atoms with Crippen molar-refractivity contribution in [2.45, 2.75) is 106 Å². The maximum Gasteiger partial charge on any atom is 0.404 e. The number of nitrogens with one attached hydrogen (secondary N) is 1. The second kappa shape index (κ2) is 9.64. The summed E-state index contributed by atoms with van der Waals surface area (Å²) in [7, 11) is -4.58. The summed E-state index contributed by atoms with van der Waals surface area (Å²) in [6.07, 6.45) is 2.47. The van der Waals surface area contributed by atoms with Gasteiger partial charge in [-0.3, -0.25) is 9.59 Å². The number of hydrogen-bond acceptors (Lipinski definition) is 5. The minimum absolute atomic E-state index is 0.00467. The number of hydrogen-bond donors (Lipinski definition) is 1. The molecule has 0 aromatic heterocycles. The van der Waals surface area contributed by atoms with Crippen LogP contribution in [0.5, 0.6) is 0 Å². The van der Waals surface area contributed by atoms with Gasteiger partial charge in [-0.05, 0) is 89.8 Å². The van der Waals surface area contributed by atoms with Crippen LogP contribution in [0.1, 0.15) is 99.8 Å². The van der Waals surface area contributed by atoms with Gasteiger partial charge in [-0.2, -0.15) is 18.4 Å². The average Bonchev–Trinajstić information content (AvgIpc) is 2.85. The highest BCUT2D eigenvalue weighted by molar-refractivity contribution is 7.89. The van der Waals surface area contributed by atoms with Crippen molar-refractivity contribution < 1.29 is 31.2 Å². The molecule has 10 heteroatoms. The minimum atomic E-state index is -4.83. The van der Waals surface area contributed by atoms with Crippen molar-refractivity contribution in [2.24, 2.45) is 56.2 Å². The Bertz CT molecular complexity index is 1410. The van der Waals surface area contributed by atoms with Crippen molar-refractivity contribution in [3.05, 3.63) is 11.6 Å². The zero-order valence-corrected chi connectivity index (χ0v) is 27.4. The van der Waals surface area contributed by atoms with Crippen LogP contribution in [0, 0.1) is 67.5 Å². The van der Waals surface area contributed by atoms with Crippen LogP contribution in [0.15, 0.2) is 11.6 Å². The largest absolute Gasteiger partial charge is 0.404 e. The third kappa shape index (κ3) is 4.85. The predicted octanol–water partition coefficient (Wildman–Crippen LogP) is 6.77. The van der Waals surface area contributed by atoms with Crippen LogP contribution in [-0.4, -0.2) is 38.5 Å². The third-order valence-corrected chi connectivity index (χ3v) is 14.9. The fourth-order valence-electron chi connectivity index (χ4n) is 11.2. The Balaban J connectivity index is 1.56. The Morgan fingerprint density at radius 2 is 1.58 bits per heavy atom. The van der Waals surface area contributed by atoms with Crippen LogP contribution in [0.4, 0.5) is 13.2 Å². The molecule has 0 spiro atoms. The van der Waals surface area contributed by atoms with Crippen molar-refractivity contribution in [1.29, 1.82) is 5.26 Å². The summed E-state index contributed by atoms with van der Waals surface area (Å²) in [5, 5.41) is 9.91. The molecule has 0 unspecified atom stereocenters. The molecule has 0 heterocycles. The number of carbonyl (C=O) groups is 2. The smallest absolute Gasteiger partial charge is 0.299 e. The predicted molar refractivity (Wildman–Crippen MR) is 157 cm³/mol. The van der Waals surface area contributed by atoms with Gasteiger partial charge in [-0.25, -0.2) is 13.1 Å². The molecule has 0 saturated heterocycles. The van der Waals surface area contributed by atoms with E-state index < -0.39 is 43.6 Å². The Morgan fingerprint density at radius 3 is 2.19 bits per heavy atom. The zero-order valence-electron chi connectivity index (χ0n) is 26.6. The first-order valence-corrected chi connectivity index (χ1v) is 17.4. The summed E-state index contributed by atoms with van der Waals surface area (Å²) in [6, 6.07) is 2.14. The van der Waals surface area contributed by atoms with Crippen molar-refractivity contribution in [2.75, 3.05) is 12.3 Å². The number of halogens is 3. The van der Waals surface area contributed by atoms with Crippen LogP contribution >= 0.6 is 0 Å². The van der Waals surface area contributed by atoms with Crippen LogP contribution in [0.3, 0.4) is 0 Å². The Kier molecular flexibility index (Phi) is 7.32. The molecule has 6 nitrogen and oxygen atoms in total. The number of carbonyl (C=O) groups excluding carboxylic acids is 2. The normalized spacial score (nSPS) is 43.8. The van der Waals surface area contributed by atoms with Gasteiger partial charge in [0.2, 0.25) is 10.0 Å². The first kappa shape index (κ1) is 32.7. The van der Waals surface area contributed by atoms with Crippen molar-refractivity contribution in [1.82, 2.24) is 4.72 Å². The number of nitriles is 1. The average molecular weight is 625 g/mol. The van der Waals surface area contributed by atoms with Crippen molar-refractivity contribution in [3.63, 3.8) is 0 Å². The molecule has 5 rings (SSSR count). The number of fused-ring (bicyclic) bond motifs is 7. The molecular formula is C33H47F3N2O4S. The van der Waals surface area contributed by atoms with Gasteiger partial charge in [0.15, 0.2) is 11.5 Å². The molecule has 0 bridgehead atoms. The molecule has 0 aromatic carbocycles. The summed E-state index contributed by atoms with van der Waals surface area (Å²) in [4.78, 5) is 27.8. The lowest BCUT2D eigenvalue weighted by Crippen LogP contribution is -2.69. The molecular weight excluding hydrogens is 577 g/mol. The van der Waals surface area contributed by atoms with Crippen molar-refractivity contribution >= 4 is 21.6 Å². The Hall–Kier alpha value is -1.73. The zero-order chi connectivity index (χ0) is 32.2. The monoisotopic (exact) mass is 624 g/mol. The first-order valence-electron chi connectivity index (χ1n) is 15.7. The van der Waals surface area contributed by atoms with E-state index in [9.17, 15) is 36.4 Å². The number of ketones is 2. The van der Waals surface area contributed by atoms with Crippen LogP contribution < -0.4 is 4.72 Å². The van der Waals surface area contributed by atoms with E-state index in [1.165, 1.54) is 0 Å². The Labute approximate surface area is 254 Å². The maximum atomic E-state index is 14.6. The fourth-order valence-corrected chi connectivity index (χ4v) is 12.3. The summed E-state index contributed by atoms with van der Waals surface area (Å²) in [5.74, 6) is -2.48. The highest BCUT2D eigenvalue weighted by Gasteiger charge is 2.72. The molecule has 240 valence electrons. The van der Waals surface area contributed by atoms with Gasteiger partial charge >= 0.3 is 6.18 Å². The lowest BCUT2D eigenvalue weighted by atomic mass is 9.31. The van der Waals surface area contributed by atoms with Gasteiger partial charge in [0.05, 0.1) is 5.57 Å². The molecule has 5 aliphatic rings. The van der Waals surface area contributed by atoms with Gasteiger partial charge in [-0.15, -0.1) is 0 Å². The van der Waals surface area contributed by atoms with Gasteiger partial charge in [-0.1, -0.05) is 54.5 Å². The number of nitrogens with zero attached hydrogens (tertiary/aromatic N) is 1. The number of alkyl halides is 3. The number of rotatable bonds is 4. The molecule has 0 aliphatic heterocycles. The van der Waals surface area contributed by atoms with E-state index >= 15 is 0 Å². The number of allylic oxidation sites excluding steroid dienone is 2. The van der Waals surface area contributed by atoms with E-state index in [1.807, 2.05) is 19.9 Å². The second-order valence-electron chi connectivity index (χ2n) is 16.7. The minimum Gasteiger partial charge on any atom is -0.299 e.